The number of aliphatic hydroxyl groups excluding tert-OH is 1. The van der Waals surface area contributed by atoms with Crippen LogP contribution < -0.4 is 15.8 Å². The lowest BCUT2D eigenvalue weighted by Gasteiger charge is -2.32. The molecule has 1 heterocycles. The first-order valence-electron chi connectivity index (χ1n) is 9.70. The SMILES string of the molecule is N/C(=C\Nc1ccc(OCCO)cc1)CN1CCC(c2cccc(O)c2)CC1. The fourth-order valence-electron chi connectivity index (χ4n) is 3.49. The molecule has 0 bridgehead atoms. The molecule has 0 amide bonds. The third-order valence-electron chi connectivity index (χ3n) is 4.97. The van der Waals surface area contributed by atoms with Gasteiger partial charge in [-0.25, -0.2) is 0 Å². The summed E-state index contributed by atoms with van der Waals surface area (Å²) in [7, 11) is 0. The van der Waals surface area contributed by atoms with Crippen LogP contribution in [0.15, 0.2) is 60.4 Å². The van der Waals surface area contributed by atoms with E-state index in [0.717, 1.165) is 49.6 Å². The van der Waals surface area contributed by atoms with Crippen LogP contribution in [-0.2, 0) is 0 Å². The van der Waals surface area contributed by atoms with E-state index in [1.54, 1.807) is 6.07 Å². The molecule has 1 aliphatic rings. The van der Waals surface area contributed by atoms with E-state index in [2.05, 4.69) is 16.3 Å². The zero-order valence-electron chi connectivity index (χ0n) is 16.1. The number of phenolic OH excluding ortho intramolecular Hbond substituents is 1. The number of phenols is 1. The lowest BCUT2D eigenvalue weighted by Crippen LogP contribution is -2.35. The van der Waals surface area contributed by atoms with Gasteiger partial charge in [-0.3, -0.25) is 4.90 Å². The molecule has 0 aliphatic carbocycles. The highest BCUT2D eigenvalue weighted by molar-refractivity contribution is 5.48. The molecule has 3 rings (SSSR count). The number of benzene rings is 2. The highest BCUT2D eigenvalue weighted by Crippen LogP contribution is 2.29. The van der Waals surface area contributed by atoms with E-state index >= 15 is 0 Å². The lowest BCUT2D eigenvalue weighted by molar-refractivity contribution is 0.201. The van der Waals surface area contributed by atoms with Crippen molar-refractivity contribution in [3.05, 3.63) is 66.0 Å². The molecule has 0 saturated carbocycles. The van der Waals surface area contributed by atoms with Crippen LogP contribution in [0.3, 0.4) is 0 Å². The van der Waals surface area contributed by atoms with E-state index in [0.29, 0.717) is 18.3 Å². The summed E-state index contributed by atoms with van der Waals surface area (Å²) in [6.07, 6.45) is 3.98. The number of aromatic hydroxyl groups is 1. The summed E-state index contributed by atoms with van der Waals surface area (Å²) < 4.78 is 5.34. The zero-order valence-corrected chi connectivity index (χ0v) is 16.1. The molecule has 28 heavy (non-hydrogen) atoms. The first-order chi connectivity index (χ1) is 13.6. The van der Waals surface area contributed by atoms with Crippen LogP contribution >= 0.6 is 0 Å². The van der Waals surface area contributed by atoms with Gasteiger partial charge in [0.15, 0.2) is 0 Å². The zero-order chi connectivity index (χ0) is 19.8. The quantitative estimate of drug-likeness (QED) is 0.560. The van der Waals surface area contributed by atoms with Gasteiger partial charge in [0.2, 0.25) is 0 Å². The normalized spacial score (nSPS) is 16.1. The third kappa shape index (κ3) is 5.90. The Labute approximate surface area is 166 Å². The van der Waals surface area contributed by atoms with E-state index < -0.39 is 0 Å². The standard InChI is InChI=1S/C22H29N3O3/c23-19(15-24-20-4-6-22(7-5-20)28-13-12-26)16-25-10-8-17(9-11-25)18-2-1-3-21(27)14-18/h1-7,14-15,17,24,26-27H,8-13,16,23H2/b19-15-. The van der Waals surface area contributed by atoms with E-state index in [1.165, 1.54) is 5.56 Å². The van der Waals surface area contributed by atoms with Crippen molar-refractivity contribution >= 4 is 5.69 Å². The molecule has 1 aliphatic heterocycles. The largest absolute Gasteiger partial charge is 0.508 e. The molecule has 1 fully saturated rings. The number of nitrogens with one attached hydrogen (secondary N) is 1. The Kier molecular flexibility index (Phi) is 7.17. The van der Waals surface area contributed by atoms with Crippen molar-refractivity contribution in [1.82, 2.24) is 4.90 Å². The van der Waals surface area contributed by atoms with Gasteiger partial charge in [-0.05, 0) is 73.8 Å². The number of nitrogens with two attached hydrogens (primary N) is 1. The fraction of sp³-hybridized carbons (Fsp3) is 0.364. The van der Waals surface area contributed by atoms with E-state index in [4.69, 9.17) is 15.6 Å². The maximum absolute atomic E-state index is 9.66. The molecule has 0 atom stereocenters. The van der Waals surface area contributed by atoms with Crippen LogP contribution in [0.2, 0.25) is 0 Å². The average Bonchev–Trinajstić information content (AvgIpc) is 2.72. The van der Waals surface area contributed by atoms with Gasteiger partial charge >= 0.3 is 0 Å². The topological polar surface area (TPSA) is 91.0 Å². The second kappa shape index (κ2) is 10.0. The number of hydrogen-bond acceptors (Lipinski definition) is 6. The summed E-state index contributed by atoms with van der Waals surface area (Å²) in [6, 6.07) is 15.1. The van der Waals surface area contributed by atoms with Crippen LogP contribution in [0.5, 0.6) is 11.5 Å². The van der Waals surface area contributed by atoms with Gasteiger partial charge in [-0.1, -0.05) is 12.1 Å². The maximum Gasteiger partial charge on any atom is 0.119 e. The number of piperidine rings is 1. The Bertz CT molecular complexity index is 769. The van der Waals surface area contributed by atoms with E-state index in [-0.39, 0.29) is 6.61 Å². The molecule has 6 heteroatoms. The van der Waals surface area contributed by atoms with Crippen molar-refractivity contribution in [3.63, 3.8) is 0 Å². The Balaban J connectivity index is 1.44. The molecule has 0 aromatic heterocycles. The monoisotopic (exact) mass is 383 g/mol. The lowest BCUT2D eigenvalue weighted by atomic mass is 9.89. The number of rotatable bonds is 8. The molecular formula is C22H29N3O3. The van der Waals surface area contributed by atoms with Crippen molar-refractivity contribution in [2.24, 2.45) is 5.73 Å². The molecule has 6 nitrogen and oxygen atoms in total. The predicted molar refractivity (Wildman–Crippen MR) is 111 cm³/mol. The van der Waals surface area contributed by atoms with Crippen LogP contribution in [0.4, 0.5) is 5.69 Å². The molecule has 150 valence electrons. The first kappa shape index (κ1) is 20.0. The van der Waals surface area contributed by atoms with Gasteiger partial charge in [-0.15, -0.1) is 0 Å². The van der Waals surface area contributed by atoms with E-state index in [1.807, 2.05) is 42.6 Å². The second-order valence-corrected chi connectivity index (χ2v) is 7.11. The summed E-state index contributed by atoms with van der Waals surface area (Å²) >= 11 is 0. The summed E-state index contributed by atoms with van der Waals surface area (Å²) in [5, 5.41) is 21.6. The van der Waals surface area contributed by atoms with Gasteiger partial charge in [0.1, 0.15) is 18.1 Å². The van der Waals surface area contributed by atoms with Crippen LogP contribution in [-0.4, -0.2) is 48.0 Å². The molecule has 1 saturated heterocycles. The summed E-state index contributed by atoms with van der Waals surface area (Å²) in [5.41, 5.74) is 9.12. The molecule has 2 aromatic carbocycles. The molecule has 0 spiro atoms. The Morgan fingerprint density at radius 1 is 1.18 bits per heavy atom. The molecule has 0 radical (unpaired) electrons. The minimum absolute atomic E-state index is 0.00431. The molecule has 5 N–H and O–H groups in total. The minimum atomic E-state index is 0.00431. The van der Waals surface area contributed by atoms with Gasteiger partial charge in [-0.2, -0.15) is 0 Å². The average molecular weight is 383 g/mol. The Morgan fingerprint density at radius 3 is 2.61 bits per heavy atom. The highest BCUT2D eigenvalue weighted by atomic mass is 16.5. The van der Waals surface area contributed by atoms with Crippen LogP contribution in [0, 0.1) is 0 Å². The minimum Gasteiger partial charge on any atom is -0.508 e. The number of hydrogen-bond donors (Lipinski definition) is 4. The number of nitrogens with zero attached hydrogens (tertiary/aromatic N) is 1. The Morgan fingerprint density at radius 2 is 1.93 bits per heavy atom. The highest BCUT2D eigenvalue weighted by Gasteiger charge is 2.20. The third-order valence-corrected chi connectivity index (χ3v) is 4.97. The molecular weight excluding hydrogens is 354 g/mol. The number of likely N-dealkylation sites (tertiary alicyclic amines) is 1. The summed E-state index contributed by atoms with van der Waals surface area (Å²) in [4.78, 5) is 2.36. The Hall–Kier alpha value is -2.70. The van der Waals surface area contributed by atoms with Crippen molar-refractivity contribution in [2.75, 3.05) is 38.2 Å². The molecule has 2 aromatic rings. The summed E-state index contributed by atoms with van der Waals surface area (Å²) in [6.45, 7) is 3.01. The number of aliphatic hydroxyl groups is 1. The van der Waals surface area contributed by atoms with Crippen molar-refractivity contribution in [3.8, 4) is 11.5 Å². The second-order valence-electron chi connectivity index (χ2n) is 7.11. The van der Waals surface area contributed by atoms with E-state index in [9.17, 15) is 5.11 Å². The summed E-state index contributed by atoms with van der Waals surface area (Å²) in [5.74, 6) is 1.57. The number of anilines is 1. The van der Waals surface area contributed by atoms with Crippen molar-refractivity contribution in [1.29, 1.82) is 0 Å². The molecule has 0 unspecified atom stereocenters. The van der Waals surface area contributed by atoms with Crippen LogP contribution in [0.25, 0.3) is 0 Å². The van der Waals surface area contributed by atoms with Crippen molar-refractivity contribution < 1.29 is 14.9 Å². The van der Waals surface area contributed by atoms with Gasteiger partial charge in [0.05, 0.1) is 6.61 Å². The number of ether oxygens (including phenoxy) is 1. The van der Waals surface area contributed by atoms with Gasteiger partial charge in [0, 0.05) is 24.1 Å². The van der Waals surface area contributed by atoms with Gasteiger partial charge in [0.25, 0.3) is 0 Å². The smallest absolute Gasteiger partial charge is 0.119 e. The predicted octanol–water partition coefficient (Wildman–Crippen LogP) is 2.85. The maximum atomic E-state index is 9.66. The van der Waals surface area contributed by atoms with Gasteiger partial charge < -0.3 is 26.0 Å². The first-order valence-corrected chi connectivity index (χ1v) is 9.70. The fourth-order valence-corrected chi connectivity index (χ4v) is 3.49. The van der Waals surface area contributed by atoms with Crippen molar-refractivity contribution in [2.45, 2.75) is 18.8 Å². The van der Waals surface area contributed by atoms with Crippen LogP contribution in [0.1, 0.15) is 24.3 Å².